The Balaban J connectivity index is 2.30. The predicted octanol–water partition coefficient (Wildman–Crippen LogP) is 1.72. The molecular formula is C11H21NO2. The van der Waals surface area contributed by atoms with Gasteiger partial charge in [0.25, 0.3) is 0 Å². The summed E-state index contributed by atoms with van der Waals surface area (Å²) in [7, 11) is 1.44. The predicted molar refractivity (Wildman–Crippen MR) is 56.1 cm³/mol. The highest BCUT2D eigenvalue weighted by Gasteiger charge is 2.40. The van der Waals surface area contributed by atoms with Crippen LogP contribution >= 0.6 is 0 Å². The Labute approximate surface area is 86.2 Å². The SMILES string of the molecule is CCC(NCC1(CC)CC1)C(=O)OC. The van der Waals surface area contributed by atoms with Crippen molar-refractivity contribution in [3.63, 3.8) is 0 Å². The second-order valence-corrected chi connectivity index (χ2v) is 4.22. The van der Waals surface area contributed by atoms with E-state index in [1.807, 2.05) is 6.92 Å². The maximum Gasteiger partial charge on any atom is 0.322 e. The second-order valence-electron chi connectivity index (χ2n) is 4.22. The number of nitrogens with one attached hydrogen (secondary N) is 1. The number of rotatable bonds is 6. The van der Waals surface area contributed by atoms with E-state index >= 15 is 0 Å². The summed E-state index contributed by atoms with van der Waals surface area (Å²) in [6.45, 7) is 5.17. The molecule has 1 saturated carbocycles. The summed E-state index contributed by atoms with van der Waals surface area (Å²) in [6.07, 6.45) is 4.60. The van der Waals surface area contributed by atoms with Crippen molar-refractivity contribution in [3.8, 4) is 0 Å². The minimum absolute atomic E-state index is 0.121. The summed E-state index contributed by atoms with van der Waals surface area (Å²) in [5.41, 5.74) is 0.488. The van der Waals surface area contributed by atoms with Crippen LogP contribution in [0.4, 0.5) is 0 Å². The van der Waals surface area contributed by atoms with Gasteiger partial charge >= 0.3 is 5.97 Å². The van der Waals surface area contributed by atoms with Gasteiger partial charge in [-0.25, -0.2) is 0 Å². The van der Waals surface area contributed by atoms with Gasteiger partial charge in [-0.3, -0.25) is 4.79 Å². The summed E-state index contributed by atoms with van der Waals surface area (Å²) in [5.74, 6) is -0.139. The quantitative estimate of drug-likeness (QED) is 0.662. The van der Waals surface area contributed by atoms with E-state index in [0.717, 1.165) is 13.0 Å². The first kappa shape index (κ1) is 11.5. The molecule has 1 aliphatic carbocycles. The molecule has 0 saturated heterocycles. The zero-order chi connectivity index (χ0) is 10.6. The van der Waals surface area contributed by atoms with E-state index in [9.17, 15) is 4.79 Å². The molecule has 1 N–H and O–H groups in total. The molecule has 0 aromatic rings. The van der Waals surface area contributed by atoms with Crippen LogP contribution in [0.25, 0.3) is 0 Å². The van der Waals surface area contributed by atoms with Crippen LogP contribution in [0.5, 0.6) is 0 Å². The Morgan fingerprint density at radius 3 is 2.50 bits per heavy atom. The van der Waals surface area contributed by atoms with Crippen molar-refractivity contribution in [2.24, 2.45) is 5.41 Å². The van der Waals surface area contributed by atoms with Crippen molar-refractivity contribution in [1.29, 1.82) is 0 Å². The smallest absolute Gasteiger partial charge is 0.322 e. The van der Waals surface area contributed by atoms with E-state index in [2.05, 4.69) is 12.2 Å². The minimum Gasteiger partial charge on any atom is -0.468 e. The molecule has 0 aromatic carbocycles. The highest BCUT2D eigenvalue weighted by atomic mass is 16.5. The summed E-state index contributed by atoms with van der Waals surface area (Å²) < 4.78 is 4.72. The zero-order valence-corrected chi connectivity index (χ0v) is 9.43. The molecule has 1 unspecified atom stereocenters. The number of esters is 1. The fraction of sp³-hybridized carbons (Fsp3) is 0.909. The summed E-state index contributed by atoms with van der Waals surface area (Å²) >= 11 is 0. The topological polar surface area (TPSA) is 38.3 Å². The molecule has 0 radical (unpaired) electrons. The standard InChI is InChI=1S/C11H21NO2/c1-4-9(10(13)14-3)12-8-11(5-2)6-7-11/h9,12H,4-8H2,1-3H3. The molecule has 0 aliphatic heterocycles. The lowest BCUT2D eigenvalue weighted by molar-refractivity contribution is -0.143. The normalized spacial score (nSPS) is 20.2. The van der Waals surface area contributed by atoms with Gasteiger partial charge in [-0.2, -0.15) is 0 Å². The van der Waals surface area contributed by atoms with Gasteiger partial charge in [-0.15, -0.1) is 0 Å². The van der Waals surface area contributed by atoms with Gasteiger partial charge in [0.2, 0.25) is 0 Å². The number of carbonyl (C=O) groups excluding carboxylic acids is 1. The van der Waals surface area contributed by atoms with Crippen LogP contribution in [-0.4, -0.2) is 25.7 Å². The summed E-state index contributed by atoms with van der Waals surface area (Å²) in [4.78, 5) is 11.3. The van der Waals surface area contributed by atoms with Crippen LogP contribution < -0.4 is 5.32 Å². The third kappa shape index (κ3) is 2.71. The van der Waals surface area contributed by atoms with Gasteiger partial charge in [-0.05, 0) is 31.1 Å². The maximum atomic E-state index is 11.3. The van der Waals surface area contributed by atoms with Crippen LogP contribution in [-0.2, 0) is 9.53 Å². The number of ether oxygens (including phenoxy) is 1. The van der Waals surface area contributed by atoms with E-state index in [1.54, 1.807) is 0 Å². The number of methoxy groups -OCH3 is 1. The monoisotopic (exact) mass is 199 g/mol. The largest absolute Gasteiger partial charge is 0.468 e. The van der Waals surface area contributed by atoms with Crippen molar-refractivity contribution in [3.05, 3.63) is 0 Å². The number of hydrogen-bond donors (Lipinski definition) is 1. The molecule has 0 heterocycles. The summed E-state index contributed by atoms with van der Waals surface area (Å²) in [6, 6.07) is -0.121. The van der Waals surface area contributed by atoms with E-state index in [-0.39, 0.29) is 12.0 Å². The maximum absolute atomic E-state index is 11.3. The first-order valence-electron chi connectivity index (χ1n) is 5.48. The fourth-order valence-electron chi connectivity index (χ4n) is 1.71. The lowest BCUT2D eigenvalue weighted by atomic mass is 10.0. The third-order valence-corrected chi connectivity index (χ3v) is 3.32. The average molecular weight is 199 g/mol. The Morgan fingerprint density at radius 2 is 2.14 bits per heavy atom. The third-order valence-electron chi connectivity index (χ3n) is 3.32. The lowest BCUT2D eigenvalue weighted by Gasteiger charge is -2.18. The van der Waals surface area contributed by atoms with Gasteiger partial charge in [0.1, 0.15) is 6.04 Å². The summed E-state index contributed by atoms with van der Waals surface area (Å²) in [5, 5.41) is 3.30. The molecule has 3 nitrogen and oxygen atoms in total. The van der Waals surface area contributed by atoms with Gasteiger partial charge in [0, 0.05) is 6.54 Å². The number of carbonyl (C=O) groups is 1. The molecule has 1 rings (SSSR count). The molecule has 14 heavy (non-hydrogen) atoms. The van der Waals surface area contributed by atoms with E-state index in [4.69, 9.17) is 4.74 Å². The van der Waals surface area contributed by atoms with Crippen LogP contribution in [0.15, 0.2) is 0 Å². The van der Waals surface area contributed by atoms with Crippen molar-refractivity contribution < 1.29 is 9.53 Å². The van der Waals surface area contributed by atoms with Crippen LogP contribution in [0, 0.1) is 5.41 Å². The molecule has 0 amide bonds. The second kappa shape index (κ2) is 4.78. The molecule has 82 valence electrons. The highest BCUT2D eigenvalue weighted by molar-refractivity contribution is 5.75. The van der Waals surface area contributed by atoms with Crippen molar-refractivity contribution in [2.45, 2.75) is 45.6 Å². The van der Waals surface area contributed by atoms with Gasteiger partial charge < -0.3 is 10.1 Å². The molecular weight excluding hydrogens is 178 g/mol. The first-order valence-corrected chi connectivity index (χ1v) is 5.48. The Kier molecular flexibility index (Phi) is 3.93. The van der Waals surface area contributed by atoms with Crippen LogP contribution in [0.1, 0.15) is 39.5 Å². The van der Waals surface area contributed by atoms with Gasteiger partial charge in [0.05, 0.1) is 7.11 Å². The molecule has 0 aromatic heterocycles. The Bertz CT molecular complexity index is 199. The van der Waals surface area contributed by atoms with Crippen LogP contribution in [0.2, 0.25) is 0 Å². The van der Waals surface area contributed by atoms with Crippen LogP contribution in [0.3, 0.4) is 0 Å². The average Bonchev–Trinajstić information content (AvgIpc) is 2.99. The Morgan fingerprint density at radius 1 is 1.50 bits per heavy atom. The first-order chi connectivity index (χ1) is 6.67. The van der Waals surface area contributed by atoms with E-state index in [1.165, 1.54) is 26.4 Å². The molecule has 1 atom stereocenters. The molecule has 0 spiro atoms. The number of hydrogen-bond acceptors (Lipinski definition) is 3. The highest BCUT2D eigenvalue weighted by Crippen LogP contribution is 2.47. The lowest BCUT2D eigenvalue weighted by Crippen LogP contribution is -2.40. The van der Waals surface area contributed by atoms with E-state index in [0.29, 0.717) is 5.41 Å². The fourth-order valence-corrected chi connectivity index (χ4v) is 1.71. The van der Waals surface area contributed by atoms with Gasteiger partial charge in [-0.1, -0.05) is 13.8 Å². The molecule has 3 heteroatoms. The molecule has 1 fully saturated rings. The van der Waals surface area contributed by atoms with Crippen molar-refractivity contribution in [1.82, 2.24) is 5.32 Å². The van der Waals surface area contributed by atoms with Crippen molar-refractivity contribution in [2.75, 3.05) is 13.7 Å². The molecule has 0 bridgehead atoms. The minimum atomic E-state index is -0.139. The van der Waals surface area contributed by atoms with E-state index < -0.39 is 0 Å². The van der Waals surface area contributed by atoms with Gasteiger partial charge in [0.15, 0.2) is 0 Å². The van der Waals surface area contributed by atoms with Crippen molar-refractivity contribution >= 4 is 5.97 Å². The molecule has 1 aliphatic rings. The zero-order valence-electron chi connectivity index (χ0n) is 9.43. The Hall–Kier alpha value is -0.570.